The summed E-state index contributed by atoms with van der Waals surface area (Å²) in [5.41, 5.74) is 0.639. The van der Waals surface area contributed by atoms with Gasteiger partial charge in [-0.3, -0.25) is 4.79 Å². The van der Waals surface area contributed by atoms with Crippen LogP contribution >= 0.6 is 32.5 Å². The molecule has 0 aliphatic carbocycles. The Morgan fingerprint density at radius 3 is 2.94 bits per heavy atom. The molecule has 0 bridgehead atoms. The maximum Gasteiger partial charge on any atom is 0.198 e. The van der Waals surface area contributed by atoms with Crippen molar-refractivity contribution in [2.45, 2.75) is 4.90 Å². The molecule has 0 aliphatic rings. The first-order valence-electron chi connectivity index (χ1n) is 4.58. The summed E-state index contributed by atoms with van der Waals surface area (Å²) in [5, 5.41) is 1.02. The number of anilines is 1. The Balaban J connectivity index is 2.04. The molecule has 2 rings (SSSR count). The molecule has 1 aromatic carbocycles. The number of carbonyl (C=O) groups is 1. The van der Waals surface area contributed by atoms with E-state index >= 15 is 0 Å². The maximum atomic E-state index is 12.7. The van der Waals surface area contributed by atoms with Gasteiger partial charge in [0.05, 0.1) is 6.20 Å². The Morgan fingerprint density at radius 1 is 1.53 bits per heavy atom. The van der Waals surface area contributed by atoms with Gasteiger partial charge in [0.25, 0.3) is 0 Å². The van der Waals surface area contributed by atoms with E-state index in [1.807, 2.05) is 12.1 Å². The molecule has 0 spiro atoms. The minimum Gasteiger partial charge on any atom is -0.301 e. The third-order valence-electron chi connectivity index (χ3n) is 1.92. The Morgan fingerprint density at radius 2 is 2.35 bits per heavy atom. The summed E-state index contributed by atoms with van der Waals surface area (Å²) < 4.78 is 15.6. The van der Waals surface area contributed by atoms with Crippen LogP contribution in [0.4, 0.5) is 9.52 Å². The normalized spacial score (nSPS) is 10.2. The Hall–Kier alpha value is -0.970. The van der Waals surface area contributed by atoms with Crippen LogP contribution in [0.5, 0.6) is 0 Å². The predicted molar refractivity (Wildman–Crippen MR) is 72.7 cm³/mol. The van der Waals surface area contributed by atoms with Crippen molar-refractivity contribution < 1.29 is 9.18 Å². The first-order valence-corrected chi connectivity index (χ1v) is 6.79. The number of halogens is 1. The number of carbonyl (C=O) groups excluding carboxylic acids is 1. The highest BCUT2D eigenvalue weighted by molar-refractivity contribution is 8.00. The fourth-order valence-corrected chi connectivity index (χ4v) is 2.86. The highest BCUT2D eigenvalue weighted by atomic mass is 32.2. The Kier molecular flexibility index (Phi) is 4.10. The summed E-state index contributed by atoms with van der Waals surface area (Å²) in [6.45, 7) is 0. The molecular formula is C10H8FN2OPS2. The summed E-state index contributed by atoms with van der Waals surface area (Å²) in [4.78, 5) is 15.4. The van der Waals surface area contributed by atoms with Crippen molar-refractivity contribution in [3.8, 4) is 0 Å². The number of hydrogen-bond acceptors (Lipinski definition) is 5. The zero-order valence-corrected chi connectivity index (χ0v) is 11.3. The van der Waals surface area contributed by atoms with E-state index in [-0.39, 0.29) is 5.13 Å². The zero-order chi connectivity index (χ0) is 12.3. The fourth-order valence-electron chi connectivity index (χ4n) is 1.13. The van der Waals surface area contributed by atoms with Crippen molar-refractivity contribution in [3.05, 3.63) is 35.1 Å². The van der Waals surface area contributed by atoms with E-state index < -0.39 is 0 Å². The fraction of sp³-hybridized carbons (Fsp3) is 0. The molecule has 0 saturated carbocycles. The molecule has 0 saturated heterocycles. The van der Waals surface area contributed by atoms with Crippen LogP contribution in [0.2, 0.25) is 0 Å². The molecule has 17 heavy (non-hydrogen) atoms. The lowest BCUT2D eigenvalue weighted by Crippen LogP contribution is -2.00. The van der Waals surface area contributed by atoms with Gasteiger partial charge in [0.15, 0.2) is 16.5 Å². The minimum absolute atomic E-state index is 0.323. The lowest BCUT2D eigenvalue weighted by Gasteiger charge is -2.04. The van der Waals surface area contributed by atoms with E-state index in [2.05, 4.69) is 18.9 Å². The molecular weight excluding hydrogens is 278 g/mol. The molecule has 3 nitrogen and oxygen atoms in total. The number of benzene rings is 1. The van der Waals surface area contributed by atoms with E-state index in [0.29, 0.717) is 10.7 Å². The van der Waals surface area contributed by atoms with Crippen LogP contribution in [0.15, 0.2) is 29.3 Å². The number of nitrogens with one attached hydrogen (secondary N) is 1. The van der Waals surface area contributed by atoms with Gasteiger partial charge in [-0.05, 0) is 35.5 Å². The quantitative estimate of drug-likeness (QED) is 0.533. The summed E-state index contributed by atoms with van der Waals surface area (Å²) in [5.74, 6) is 0. The van der Waals surface area contributed by atoms with E-state index in [1.165, 1.54) is 18.1 Å². The van der Waals surface area contributed by atoms with Crippen LogP contribution in [-0.4, -0.2) is 11.3 Å². The molecule has 1 heterocycles. The summed E-state index contributed by atoms with van der Waals surface area (Å²) >= 11 is 2.27. The smallest absolute Gasteiger partial charge is 0.198 e. The number of nitrogens with zero attached hydrogens (tertiary/aromatic N) is 1. The number of rotatable bonds is 4. The molecule has 0 fully saturated rings. The standard InChI is InChI=1S/C10H8FN2OPS2/c11-9-4-12-10(16-9)13-17-7-2-1-6(5-14)8(15)3-7/h1-5H,15H2,(H,12,13). The number of aldehydes is 1. The minimum atomic E-state index is -0.323. The van der Waals surface area contributed by atoms with Gasteiger partial charge in [-0.1, -0.05) is 11.3 Å². The van der Waals surface area contributed by atoms with Crippen LogP contribution in [0.1, 0.15) is 10.4 Å². The van der Waals surface area contributed by atoms with Crippen LogP contribution in [-0.2, 0) is 0 Å². The van der Waals surface area contributed by atoms with E-state index in [4.69, 9.17) is 0 Å². The van der Waals surface area contributed by atoms with E-state index in [1.54, 1.807) is 6.07 Å². The third-order valence-corrected chi connectivity index (χ3v) is 4.03. The van der Waals surface area contributed by atoms with Crippen LogP contribution in [0.25, 0.3) is 0 Å². The van der Waals surface area contributed by atoms with Crippen molar-refractivity contribution in [2.75, 3.05) is 4.72 Å². The van der Waals surface area contributed by atoms with Crippen molar-refractivity contribution in [3.63, 3.8) is 0 Å². The van der Waals surface area contributed by atoms with Gasteiger partial charge in [-0.15, -0.1) is 9.24 Å². The molecule has 2 aromatic rings. The Labute approximate surface area is 108 Å². The van der Waals surface area contributed by atoms with Crippen LogP contribution in [0.3, 0.4) is 0 Å². The molecule has 7 heteroatoms. The number of hydrogen-bond donors (Lipinski definition) is 1. The largest absolute Gasteiger partial charge is 0.301 e. The molecule has 88 valence electrons. The molecule has 0 aliphatic heterocycles. The lowest BCUT2D eigenvalue weighted by atomic mass is 10.2. The summed E-state index contributed by atoms with van der Waals surface area (Å²) in [6.07, 6.45) is 1.98. The molecule has 1 aromatic heterocycles. The van der Waals surface area contributed by atoms with Crippen molar-refractivity contribution in [1.82, 2.24) is 4.98 Å². The second-order valence-electron chi connectivity index (χ2n) is 3.08. The van der Waals surface area contributed by atoms with Gasteiger partial charge in [-0.2, -0.15) is 4.39 Å². The number of aromatic nitrogens is 1. The molecule has 1 unspecified atom stereocenters. The van der Waals surface area contributed by atoms with E-state index in [9.17, 15) is 9.18 Å². The van der Waals surface area contributed by atoms with Crippen molar-refractivity contribution in [2.24, 2.45) is 0 Å². The second kappa shape index (κ2) is 5.58. The third kappa shape index (κ3) is 3.25. The van der Waals surface area contributed by atoms with Crippen molar-refractivity contribution >= 4 is 49.2 Å². The maximum absolute atomic E-state index is 12.7. The van der Waals surface area contributed by atoms with Gasteiger partial charge in [0.2, 0.25) is 0 Å². The average Bonchev–Trinajstić information content (AvgIpc) is 2.73. The van der Waals surface area contributed by atoms with Gasteiger partial charge in [-0.25, -0.2) is 4.98 Å². The van der Waals surface area contributed by atoms with Crippen LogP contribution < -0.4 is 10.0 Å². The number of thiazole rings is 1. The SMILES string of the molecule is O=Cc1ccc(SNc2ncc(F)s2)cc1P. The molecule has 0 radical (unpaired) electrons. The van der Waals surface area contributed by atoms with Crippen molar-refractivity contribution in [1.29, 1.82) is 0 Å². The second-order valence-corrected chi connectivity index (χ2v) is 5.56. The monoisotopic (exact) mass is 286 g/mol. The van der Waals surface area contributed by atoms with Gasteiger partial charge in [0.1, 0.15) is 0 Å². The van der Waals surface area contributed by atoms with Gasteiger partial charge in [0, 0.05) is 10.5 Å². The lowest BCUT2D eigenvalue weighted by molar-refractivity contribution is 0.112. The molecule has 1 N–H and O–H groups in total. The topological polar surface area (TPSA) is 42.0 Å². The predicted octanol–water partition coefficient (Wildman–Crippen LogP) is 2.71. The van der Waals surface area contributed by atoms with Gasteiger partial charge < -0.3 is 4.72 Å². The first kappa shape index (κ1) is 12.5. The molecule has 0 amide bonds. The first-order chi connectivity index (χ1) is 8.19. The molecule has 1 atom stereocenters. The van der Waals surface area contributed by atoms with E-state index in [0.717, 1.165) is 27.8 Å². The zero-order valence-electron chi connectivity index (χ0n) is 8.51. The summed E-state index contributed by atoms with van der Waals surface area (Å²) in [6, 6.07) is 5.41. The highest BCUT2D eigenvalue weighted by Crippen LogP contribution is 2.24. The van der Waals surface area contributed by atoms with Crippen LogP contribution in [0, 0.1) is 5.13 Å². The highest BCUT2D eigenvalue weighted by Gasteiger charge is 2.03. The summed E-state index contributed by atoms with van der Waals surface area (Å²) in [7, 11) is 2.50. The van der Waals surface area contributed by atoms with Gasteiger partial charge >= 0.3 is 0 Å². The Bertz CT molecular complexity index is 547. The average molecular weight is 286 g/mol.